The zero-order chi connectivity index (χ0) is 15.4. The Labute approximate surface area is 124 Å². The number of hydrogen-bond donors (Lipinski definition) is 2. The van der Waals surface area contributed by atoms with Crippen molar-refractivity contribution in [2.75, 3.05) is 0 Å². The highest BCUT2D eigenvalue weighted by Crippen LogP contribution is 2.31. The third-order valence-corrected chi connectivity index (χ3v) is 3.73. The molecule has 2 rings (SSSR count). The fourth-order valence-corrected chi connectivity index (χ4v) is 2.61. The number of hydrogen-bond acceptors (Lipinski definition) is 2. The van der Waals surface area contributed by atoms with Crippen molar-refractivity contribution >= 4 is 11.9 Å². The molecule has 3 N–H and O–H groups in total. The molecule has 4 heteroatoms. The summed E-state index contributed by atoms with van der Waals surface area (Å²) in [6.07, 6.45) is 5.24. The van der Waals surface area contributed by atoms with Gasteiger partial charge in [-0.25, -0.2) is 9.37 Å². The molecule has 1 aromatic heterocycles. The van der Waals surface area contributed by atoms with Crippen LogP contribution in [-0.4, -0.2) is 9.97 Å². The molecule has 1 aromatic carbocycles. The van der Waals surface area contributed by atoms with E-state index in [2.05, 4.69) is 23.5 Å². The van der Waals surface area contributed by atoms with E-state index in [0.29, 0.717) is 5.56 Å². The van der Waals surface area contributed by atoms with Gasteiger partial charge >= 0.3 is 0 Å². The summed E-state index contributed by atoms with van der Waals surface area (Å²) in [5, 5.41) is 0. The third kappa shape index (κ3) is 2.89. The minimum absolute atomic E-state index is 0.199. The molecule has 0 aliphatic rings. The van der Waals surface area contributed by atoms with Gasteiger partial charge in [0.15, 0.2) is 0 Å². The van der Waals surface area contributed by atoms with Crippen LogP contribution in [0.2, 0.25) is 0 Å². The number of nitrogens with two attached hydrogens (primary N) is 1. The average Bonchev–Trinajstić information content (AvgIpc) is 2.93. The van der Waals surface area contributed by atoms with Gasteiger partial charge in [-0.3, -0.25) is 0 Å². The largest absolute Gasteiger partial charge is 0.402 e. The van der Waals surface area contributed by atoms with Crippen molar-refractivity contribution in [1.82, 2.24) is 9.97 Å². The highest BCUT2D eigenvalue weighted by molar-refractivity contribution is 5.70. The normalized spacial score (nSPS) is 13.2. The van der Waals surface area contributed by atoms with Gasteiger partial charge in [-0.05, 0) is 24.5 Å². The first-order valence-corrected chi connectivity index (χ1v) is 6.96. The van der Waals surface area contributed by atoms with E-state index in [0.717, 1.165) is 35.1 Å². The first-order chi connectivity index (χ1) is 10.1. The molecule has 0 aliphatic heterocycles. The molecule has 0 bridgehead atoms. The molecule has 1 unspecified atom stereocenters. The second-order valence-corrected chi connectivity index (χ2v) is 4.93. The first-order valence-electron chi connectivity index (χ1n) is 6.96. The Morgan fingerprint density at radius 2 is 2.29 bits per heavy atom. The summed E-state index contributed by atoms with van der Waals surface area (Å²) in [5.74, 6) is -0.243. The Kier molecular flexibility index (Phi) is 4.58. The molecule has 2 aromatic rings. The van der Waals surface area contributed by atoms with Gasteiger partial charge in [0.05, 0.1) is 12.0 Å². The van der Waals surface area contributed by atoms with Crippen molar-refractivity contribution in [2.45, 2.75) is 26.2 Å². The van der Waals surface area contributed by atoms with Gasteiger partial charge in [0.25, 0.3) is 0 Å². The lowest BCUT2D eigenvalue weighted by Gasteiger charge is -2.17. The van der Waals surface area contributed by atoms with Crippen LogP contribution in [-0.2, 0) is 0 Å². The topological polar surface area (TPSA) is 54.7 Å². The first kappa shape index (κ1) is 15.0. The fraction of sp³-hybridized carbons (Fsp3) is 0.235. The molecule has 0 fully saturated rings. The van der Waals surface area contributed by atoms with Crippen LogP contribution in [0, 0.1) is 6.92 Å². The van der Waals surface area contributed by atoms with Gasteiger partial charge in [0.2, 0.25) is 0 Å². The lowest BCUT2D eigenvalue weighted by Crippen LogP contribution is -2.03. The molecule has 110 valence electrons. The smallest absolute Gasteiger partial charge is 0.146 e. The number of halogens is 1. The molecule has 0 radical (unpaired) electrons. The number of aromatic nitrogens is 2. The molecular weight excluding hydrogens is 265 g/mol. The second kappa shape index (κ2) is 6.39. The monoisotopic (exact) mass is 285 g/mol. The van der Waals surface area contributed by atoms with Crippen LogP contribution in [0.3, 0.4) is 0 Å². The van der Waals surface area contributed by atoms with Crippen LogP contribution in [0.5, 0.6) is 0 Å². The van der Waals surface area contributed by atoms with E-state index in [4.69, 9.17) is 5.73 Å². The maximum Gasteiger partial charge on any atom is 0.146 e. The van der Waals surface area contributed by atoms with Crippen LogP contribution in [0.15, 0.2) is 37.3 Å². The summed E-state index contributed by atoms with van der Waals surface area (Å²) in [6.45, 7) is 7.86. The summed E-state index contributed by atoms with van der Waals surface area (Å²) < 4.78 is 13.7. The van der Waals surface area contributed by atoms with E-state index in [9.17, 15) is 4.39 Å². The number of benzene rings is 1. The Morgan fingerprint density at radius 1 is 1.52 bits per heavy atom. The number of aromatic amines is 1. The third-order valence-electron chi connectivity index (χ3n) is 3.73. The maximum absolute atomic E-state index is 13.7. The lowest BCUT2D eigenvalue weighted by molar-refractivity contribution is 0.744. The molecule has 0 saturated heterocycles. The van der Waals surface area contributed by atoms with E-state index in [1.54, 1.807) is 18.5 Å². The number of aryl methyl sites for hydroxylation is 1. The van der Waals surface area contributed by atoms with Gasteiger partial charge in [0, 0.05) is 23.4 Å². The molecule has 1 heterocycles. The van der Waals surface area contributed by atoms with Crippen molar-refractivity contribution in [1.29, 1.82) is 0 Å². The summed E-state index contributed by atoms with van der Waals surface area (Å²) in [7, 11) is 0. The summed E-state index contributed by atoms with van der Waals surface area (Å²) >= 11 is 0. The number of rotatable bonds is 5. The molecule has 0 spiro atoms. The predicted molar refractivity (Wildman–Crippen MR) is 85.3 cm³/mol. The number of nitrogens with zero attached hydrogens (tertiary/aromatic N) is 1. The zero-order valence-corrected chi connectivity index (χ0v) is 12.4. The zero-order valence-electron chi connectivity index (χ0n) is 12.4. The van der Waals surface area contributed by atoms with Crippen molar-refractivity contribution in [2.24, 2.45) is 5.73 Å². The SMILES string of the molecule is C=Cc1cc(C(CC)c2[nH]cnc2C)ccc1/C(F)=C\N. The second-order valence-electron chi connectivity index (χ2n) is 4.93. The summed E-state index contributed by atoms with van der Waals surface area (Å²) in [4.78, 5) is 7.45. The molecule has 0 amide bonds. The lowest BCUT2D eigenvalue weighted by atomic mass is 9.89. The summed E-state index contributed by atoms with van der Waals surface area (Å²) in [6, 6.07) is 5.64. The Balaban J connectivity index is 2.49. The van der Waals surface area contributed by atoms with Crippen LogP contribution in [0.1, 0.15) is 47.3 Å². The number of nitrogens with one attached hydrogen (secondary N) is 1. The van der Waals surface area contributed by atoms with Crippen LogP contribution in [0.4, 0.5) is 4.39 Å². The van der Waals surface area contributed by atoms with Gasteiger partial charge in [-0.15, -0.1) is 0 Å². The Bertz CT molecular complexity index is 670. The molecule has 21 heavy (non-hydrogen) atoms. The predicted octanol–water partition coefficient (Wildman–Crippen LogP) is 4.13. The van der Waals surface area contributed by atoms with Crippen molar-refractivity contribution in [3.8, 4) is 0 Å². The van der Waals surface area contributed by atoms with Gasteiger partial charge in [-0.2, -0.15) is 0 Å². The van der Waals surface area contributed by atoms with Gasteiger partial charge in [-0.1, -0.05) is 37.8 Å². The van der Waals surface area contributed by atoms with Crippen LogP contribution >= 0.6 is 0 Å². The Morgan fingerprint density at radius 3 is 2.81 bits per heavy atom. The average molecular weight is 285 g/mol. The van der Waals surface area contributed by atoms with E-state index in [1.807, 2.05) is 19.1 Å². The minimum Gasteiger partial charge on any atom is -0.402 e. The van der Waals surface area contributed by atoms with Crippen LogP contribution < -0.4 is 5.73 Å². The molecule has 0 saturated carbocycles. The van der Waals surface area contributed by atoms with E-state index in [1.165, 1.54) is 0 Å². The van der Waals surface area contributed by atoms with E-state index >= 15 is 0 Å². The number of imidazole rings is 1. The molecule has 0 aliphatic carbocycles. The van der Waals surface area contributed by atoms with Crippen LogP contribution in [0.25, 0.3) is 11.9 Å². The van der Waals surface area contributed by atoms with Crippen molar-refractivity contribution in [3.05, 3.63) is 65.4 Å². The van der Waals surface area contributed by atoms with Crippen molar-refractivity contribution < 1.29 is 4.39 Å². The van der Waals surface area contributed by atoms with E-state index < -0.39 is 5.83 Å². The van der Waals surface area contributed by atoms with E-state index in [-0.39, 0.29) is 5.92 Å². The minimum atomic E-state index is -0.442. The van der Waals surface area contributed by atoms with Gasteiger partial charge < -0.3 is 10.7 Å². The molecule has 1 atom stereocenters. The quantitative estimate of drug-likeness (QED) is 0.867. The summed E-state index contributed by atoms with van der Waals surface area (Å²) in [5.41, 5.74) is 9.65. The molecular formula is C17H20FN3. The fourth-order valence-electron chi connectivity index (χ4n) is 2.61. The van der Waals surface area contributed by atoms with Gasteiger partial charge in [0.1, 0.15) is 5.83 Å². The molecule has 3 nitrogen and oxygen atoms in total. The highest BCUT2D eigenvalue weighted by Gasteiger charge is 2.17. The highest BCUT2D eigenvalue weighted by atomic mass is 19.1. The Hall–Kier alpha value is -2.36. The maximum atomic E-state index is 13.7. The number of H-pyrrole nitrogens is 1. The van der Waals surface area contributed by atoms with Crippen molar-refractivity contribution in [3.63, 3.8) is 0 Å². The standard InChI is InChI=1S/C17H20FN3/c1-4-12-8-13(6-7-15(12)16(18)9-19)14(5-2)17-11(3)20-10-21-17/h4,6-10,14H,1,5,19H2,2-3H3,(H,20,21)/b16-9+.